The summed E-state index contributed by atoms with van der Waals surface area (Å²) in [5.41, 5.74) is 13.5. The Balaban J connectivity index is 1.14. The van der Waals surface area contributed by atoms with Crippen LogP contribution in [0.4, 0.5) is 0 Å². The highest BCUT2D eigenvalue weighted by Crippen LogP contribution is 2.41. The van der Waals surface area contributed by atoms with E-state index in [0.717, 1.165) is 78.2 Å². The number of aromatic nitrogens is 5. The minimum atomic E-state index is 0.568. The topological polar surface area (TPSA) is 80.3 Å². The van der Waals surface area contributed by atoms with Gasteiger partial charge in [0.2, 0.25) is 0 Å². The summed E-state index contributed by atoms with van der Waals surface area (Å²) < 4.78 is 2.28. The molecule has 0 atom stereocenters. The van der Waals surface area contributed by atoms with Gasteiger partial charge in [-0.1, -0.05) is 170 Å². The minimum Gasteiger partial charge on any atom is -0.292 e. The van der Waals surface area contributed by atoms with Crippen LogP contribution in [0.5, 0.6) is 0 Å². The SMILES string of the molecule is N#Cc1ccc(-c2cccc(-c3nc(-c4ccccc4)nc(-c4ccccc4-c4ccccc4-c4ccccc4-n4c(-c5ccccc5)nc5ccccc54)n3)c2)cc1. The Morgan fingerprint density at radius 3 is 1.58 bits per heavy atom. The Bertz CT molecular complexity index is 3160. The molecule has 59 heavy (non-hydrogen) atoms. The van der Waals surface area contributed by atoms with E-state index in [1.807, 2.05) is 84.9 Å². The van der Waals surface area contributed by atoms with Crippen molar-refractivity contribution in [2.24, 2.45) is 0 Å². The van der Waals surface area contributed by atoms with Gasteiger partial charge in [0.1, 0.15) is 5.82 Å². The molecule has 6 heteroatoms. The van der Waals surface area contributed by atoms with Gasteiger partial charge in [0.05, 0.1) is 28.4 Å². The molecule has 0 aliphatic carbocycles. The summed E-state index contributed by atoms with van der Waals surface area (Å²) in [7, 11) is 0. The fourth-order valence-corrected chi connectivity index (χ4v) is 7.73. The number of fused-ring (bicyclic) bond motifs is 1. The van der Waals surface area contributed by atoms with Gasteiger partial charge >= 0.3 is 0 Å². The van der Waals surface area contributed by atoms with Gasteiger partial charge in [0.15, 0.2) is 17.5 Å². The summed E-state index contributed by atoms with van der Waals surface area (Å²) in [6.45, 7) is 0. The van der Waals surface area contributed by atoms with Crippen LogP contribution in [0.25, 0.3) is 95.7 Å². The molecule has 0 saturated carbocycles. The van der Waals surface area contributed by atoms with Gasteiger partial charge in [-0.05, 0) is 64.2 Å². The van der Waals surface area contributed by atoms with Crippen molar-refractivity contribution in [2.45, 2.75) is 0 Å². The maximum absolute atomic E-state index is 9.36. The number of para-hydroxylation sites is 3. The molecule has 0 unspecified atom stereocenters. The van der Waals surface area contributed by atoms with Crippen LogP contribution in [0.2, 0.25) is 0 Å². The van der Waals surface area contributed by atoms with Gasteiger partial charge in [0, 0.05) is 27.8 Å². The van der Waals surface area contributed by atoms with Crippen LogP contribution >= 0.6 is 0 Å². The third-order valence-corrected chi connectivity index (χ3v) is 10.5. The van der Waals surface area contributed by atoms with Crippen LogP contribution in [-0.4, -0.2) is 24.5 Å². The fourth-order valence-electron chi connectivity index (χ4n) is 7.73. The van der Waals surface area contributed by atoms with Crippen molar-refractivity contribution >= 4 is 11.0 Å². The molecule has 10 aromatic rings. The van der Waals surface area contributed by atoms with Crippen molar-refractivity contribution in [1.29, 1.82) is 5.26 Å². The Labute approximate surface area is 342 Å². The highest BCUT2D eigenvalue weighted by atomic mass is 15.1. The molecular weight excluding hydrogens is 721 g/mol. The summed E-state index contributed by atoms with van der Waals surface area (Å²) in [6.07, 6.45) is 0. The van der Waals surface area contributed by atoms with Crippen molar-refractivity contribution in [1.82, 2.24) is 24.5 Å². The molecule has 276 valence electrons. The highest BCUT2D eigenvalue weighted by molar-refractivity contribution is 5.94. The van der Waals surface area contributed by atoms with Crippen LogP contribution in [0, 0.1) is 11.3 Å². The largest absolute Gasteiger partial charge is 0.292 e. The van der Waals surface area contributed by atoms with Gasteiger partial charge < -0.3 is 0 Å². The van der Waals surface area contributed by atoms with E-state index < -0.39 is 0 Å². The molecule has 0 aliphatic rings. The highest BCUT2D eigenvalue weighted by Gasteiger charge is 2.21. The zero-order valence-electron chi connectivity index (χ0n) is 31.8. The zero-order chi connectivity index (χ0) is 39.5. The fraction of sp³-hybridized carbons (Fsp3) is 0. The standard InChI is InChI=1S/C53H34N6/c54-35-36-30-32-37(33-31-36)40-20-15-21-41(34-40)51-56-50(38-16-3-1-4-17-38)57-52(58-51)46-26-10-9-24-44(46)42-22-7-8-23-43(42)45-25-11-13-28-48(45)59-49-29-14-12-27-47(49)55-53(59)39-18-5-2-6-19-39/h1-34H. The third-order valence-electron chi connectivity index (χ3n) is 10.5. The average molecular weight is 755 g/mol. The molecule has 2 heterocycles. The Kier molecular flexibility index (Phi) is 9.14. The monoisotopic (exact) mass is 754 g/mol. The molecule has 10 rings (SSSR count). The van der Waals surface area contributed by atoms with E-state index in [0.29, 0.717) is 23.0 Å². The lowest BCUT2D eigenvalue weighted by molar-refractivity contribution is 1.07. The Hall–Kier alpha value is -8.27. The predicted molar refractivity (Wildman–Crippen MR) is 237 cm³/mol. The van der Waals surface area contributed by atoms with E-state index in [1.165, 1.54) is 0 Å². The van der Waals surface area contributed by atoms with Crippen molar-refractivity contribution < 1.29 is 0 Å². The summed E-state index contributed by atoms with van der Waals surface area (Å²) in [5.74, 6) is 2.61. The average Bonchev–Trinajstić information content (AvgIpc) is 3.72. The number of benzene rings is 8. The number of nitrogens with zero attached hydrogens (tertiary/aromatic N) is 6. The first kappa shape index (κ1) is 35.2. The Morgan fingerprint density at radius 1 is 0.356 bits per heavy atom. The van der Waals surface area contributed by atoms with Crippen LogP contribution in [0.15, 0.2) is 206 Å². The lowest BCUT2D eigenvalue weighted by Crippen LogP contribution is -2.02. The number of nitriles is 1. The van der Waals surface area contributed by atoms with E-state index in [9.17, 15) is 5.26 Å². The van der Waals surface area contributed by atoms with E-state index in [2.05, 4.69) is 132 Å². The van der Waals surface area contributed by atoms with Crippen LogP contribution in [-0.2, 0) is 0 Å². The van der Waals surface area contributed by atoms with Gasteiger partial charge in [-0.3, -0.25) is 4.57 Å². The molecule has 0 N–H and O–H groups in total. The van der Waals surface area contributed by atoms with E-state index in [1.54, 1.807) is 0 Å². The summed E-state index contributed by atoms with van der Waals surface area (Å²) in [4.78, 5) is 20.6. The van der Waals surface area contributed by atoms with E-state index in [4.69, 9.17) is 19.9 Å². The summed E-state index contributed by atoms with van der Waals surface area (Å²) >= 11 is 0. The second-order valence-electron chi connectivity index (χ2n) is 14.2. The normalized spacial score (nSPS) is 11.0. The van der Waals surface area contributed by atoms with Gasteiger partial charge in [-0.15, -0.1) is 0 Å². The van der Waals surface area contributed by atoms with Crippen molar-refractivity contribution in [3.8, 4) is 90.7 Å². The predicted octanol–water partition coefficient (Wildman–Crippen LogP) is 12.8. The van der Waals surface area contributed by atoms with Crippen molar-refractivity contribution in [3.05, 3.63) is 212 Å². The van der Waals surface area contributed by atoms with E-state index >= 15 is 0 Å². The number of hydrogen-bond donors (Lipinski definition) is 0. The second kappa shape index (κ2) is 15.3. The number of imidazole rings is 1. The van der Waals surface area contributed by atoms with Crippen molar-refractivity contribution in [2.75, 3.05) is 0 Å². The van der Waals surface area contributed by atoms with Gasteiger partial charge in [-0.2, -0.15) is 5.26 Å². The Morgan fingerprint density at radius 2 is 0.864 bits per heavy atom. The summed E-state index contributed by atoms with van der Waals surface area (Å²) in [5, 5.41) is 9.36. The molecule has 8 aromatic carbocycles. The van der Waals surface area contributed by atoms with Gasteiger partial charge in [0.25, 0.3) is 0 Å². The molecular formula is C53H34N6. The molecule has 0 amide bonds. The first-order valence-electron chi connectivity index (χ1n) is 19.5. The third kappa shape index (κ3) is 6.73. The molecule has 0 bridgehead atoms. The zero-order valence-corrected chi connectivity index (χ0v) is 31.8. The maximum Gasteiger partial charge on any atom is 0.164 e. The molecule has 0 saturated heterocycles. The second-order valence-corrected chi connectivity index (χ2v) is 14.2. The first-order valence-corrected chi connectivity index (χ1v) is 19.5. The summed E-state index contributed by atoms with van der Waals surface area (Å²) in [6, 6.07) is 72.2. The smallest absolute Gasteiger partial charge is 0.164 e. The lowest BCUT2D eigenvalue weighted by atomic mass is 9.90. The molecule has 0 aliphatic heterocycles. The molecule has 0 fully saturated rings. The maximum atomic E-state index is 9.36. The first-order chi connectivity index (χ1) is 29.2. The van der Waals surface area contributed by atoms with E-state index in [-0.39, 0.29) is 0 Å². The molecule has 0 radical (unpaired) electrons. The minimum absolute atomic E-state index is 0.568. The van der Waals surface area contributed by atoms with Crippen LogP contribution in [0.3, 0.4) is 0 Å². The molecule has 2 aromatic heterocycles. The van der Waals surface area contributed by atoms with Gasteiger partial charge in [-0.25, -0.2) is 19.9 Å². The molecule has 0 spiro atoms. The quantitative estimate of drug-likeness (QED) is 0.154. The number of hydrogen-bond acceptors (Lipinski definition) is 5. The molecule has 6 nitrogen and oxygen atoms in total. The van der Waals surface area contributed by atoms with Crippen LogP contribution < -0.4 is 0 Å². The van der Waals surface area contributed by atoms with Crippen LogP contribution in [0.1, 0.15) is 5.56 Å². The lowest BCUT2D eigenvalue weighted by Gasteiger charge is -2.19. The van der Waals surface area contributed by atoms with Crippen molar-refractivity contribution in [3.63, 3.8) is 0 Å². The number of rotatable bonds is 8.